The Balaban J connectivity index is 2.33. The topological polar surface area (TPSA) is 33.0 Å². The lowest BCUT2D eigenvalue weighted by molar-refractivity contribution is 0.355. The van der Waals surface area contributed by atoms with Gasteiger partial charge in [0.25, 0.3) is 0 Å². The van der Waals surface area contributed by atoms with E-state index in [1.165, 1.54) is 0 Å². The number of hydrogen-bond donors (Lipinski definition) is 0. The van der Waals surface area contributed by atoms with Gasteiger partial charge >= 0.3 is 0 Å². The first-order valence-corrected chi connectivity index (χ1v) is 3.36. The van der Waals surface area contributed by atoms with Crippen molar-refractivity contribution in [2.45, 2.75) is 12.8 Å². The number of hydrogen-bond acceptors (Lipinski definition) is 2. The van der Waals surface area contributed by atoms with Gasteiger partial charge in [-0.05, 0) is 12.8 Å². The third-order valence-corrected chi connectivity index (χ3v) is 1.73. The largest absolute Gasteiger partial charge is 0.314 e. The molecule has 0 atom stereocenters. The zero-order valence-corrected chi connectivity index (χ0v) is 6.51. The maximum atomic E-state index is 8.45. The van der Waals surface area contributed by atoms with Gasteiger partial charge in [-0.1, -0.05) is 0 Å². The van der Waals surface area contributed by atoms with Crippen molar-refractivity contribution in [2.24, 2.45) is 5.41 Å². The third kappa shape index (κ3) is 1.12. The number of rotatable bonds is 2. The molecule has 0 bridgehead atoms. The summed E-state index contributed by atoms with van der Waals surface area (Å²) in [6.07, 6.45) is 2.04. The number of nitrogens with zero attached hydrogens (tertiary/aromatic N) is 1. The molecule has 0 aliphatic heterocycles. The van der Waals surface area contributed by atoms with E-state index >= 15 is 0 Å². The van der Waals surface area contributed by atoms with Crippen molar-refractivity contribution in [3.05, 3.63) is 0 Å². The lowest BCUT2D eigenvalue weighted by Crippen LogP contribution is -2.01. The molecule has 8 heavy (non-hydrogen) atoms. The van der Waals surface area contributed by atoms with E-state index < -0.39 is 0 Å². The van der Waals surface area contributed by atoms with Gasteiger partial charge in [0.1, 0.15) is 23.0 Å². The molecule has 0 saturated heterocycles. The van der Waals surface area contributed by atoms with E-state index in [1.54, 1.807) is 0 Å². The lowest BCUT2D eigenvalue weighted by atomic mass is 10.2. The Labute approximate surface area is 62.5 Å². The van der Waals surface area contributed by atoms with E-state index in [1.807, 2.05) is 23.0 Å². The zero-order valence-electron chi connectivity index (χ0n) is 4.35. The predicted octanol–water partition coefficient (Wildman–Crippen LogP) is 1.66. The van der Waals surface area contributed by atoms with E-state index in [0.29, 0.717) is 6.61 Å². The quantitative estimate of drug-likeness (QED) is 0.667. The molecule has 1 saturated carbocycles. The van der Waals surface area contributed by atoms with Crippen LogP contribution >= 0.6 is 23.0 Å². The molecule has 0 aromatic rings. The summed E-state index contributed by atoms with van der Waals surface area (Å²) in [5, 5.41) is 8.45. The van der Waals surface area contributed by atoms with Gasteiger partial charge in [-0.3, -0.25) is 0 Å². The maximum Gasteiger partial charge on any atom is 0.109 e. The summed E-state index contributed by atoms with van der Waals surface area (Å²) in [6, 6.07) is 2.22. The minimum absolute atomic E-state index is 0.0822. The molecule has 0 N–H and O–H groups in total. The van der Waals surface area contributed by atoms with E-state index in [-0.39, 0.29) is 5.41 Å². The molecule has 0 aromatic heterocycles. The van der Waals surface area contributed by atoms with Crippen molar-refractivity contribution in [3.63, 3.8) is 0 Å². The Kier molecular flexibility index (Phi) is 1.73. The van der Waals surface area contributed by atoms with Crippen LogP contribution in [0.4, 0.5) is 0 Å². The molecule has 0 aromatic carbocycles. The molecule has 0 radical (unpaired) electrons. The van der Waals surface area contributed by atoms with Gasteiger partial charge in [0, 0.05) is 0 Å². The summed E-state index contributed by atoms with van der Waals surface area (Å²) in [7, 11) is 0. The standard InChI is InChI=1S/C5H6INO/c6-8-4-5(3-7)1-2-5/h1-2,4H2. The minimum atomic E-state index is -0.0822. The molecule has 1 fully saturated rings. The van der Waals surface area contributed by atoms with Crippen LogP contribution in [0.5, 0.6) is 0 Å². The van der Waals surface area contributed by atoms with Crippen molar-refractivity contribution in [1.29, 1.82) is 5.26 Å². The molecule has 0 unspecified atom stereocenters. The molecule has 1 rings (SSSR count). The van der Waals surface area contributed by atoms with Gasteiger partial charge in [-0.2, -0.15) is 5.26 Å². The molecular weight excluding hydrogens is 217 g/mol. The summed E-state index contributed by atoms with van der Waals surface area (Å²) in [5.74, 6) is 0. The highest BCUT2D eigenvalue weighted by atomic mass is 127. The van der Waals surface area contributed by atoms with Crippen LogP contribution < -0.4 is 0 Å². The first-order valence-electron chi connectivity index (χ1n) is 2.48. The van der Waals surface area contributed by atoms with Crippen molar-refractivity contribution < 1.29 is 3.07 Å². The molecule has 0 amide bonds. The van der Waals surface area contributed by atoms with Crippen molar-refractivity contribution in [2.75, 3.05) is 6.61 Å². The Hall–Kier alpha value is 0.180. The fraction of sp³-hybridized carbons (Fsp3) is 0.800. The number of nitriles is 1. The Morgan fingerprint density at radius 1 is 1.75 bits per heavy atom. The second-order valence-corrected chi connectivity index (χ2v) is 2.77. The van der Waals surface area contributed by atoms with Gasteiger partial charge < -0.3 is 3.07 Å². The molecule has 0 heterocycles. The van der Waals surface area contributed by atoms with E-state index in [9.17, 15) is 0 Å². The SMILES string of the molecule is N#CC1(COI)CC1. The van der Waals surface area contributed by atoms with Crippen LogP contribution in [0, 0.1) is 16.7 Å². The van der Waals surface area contributed by atoms with Gasteiger partial charge in [0.2, 0.25) is 0 Å². The van der Waals surface area contributed by atoms with E-state index in [4.69, 9.17) is 8.33 Å². The minimum Gasteiger partial charge on any atom is -0.314 e. The molecule has 0 spiro atoms. The van der Waals surface area contributed by atoms with Crippen LogP contribution in [-0.2, 0) is 3.07 Å². The highest BCUT2D eigenvalue weighted by Crippen LogP contribution is 2.45. The van der Waals surface area contributed by atoms with E-state index in [0.717, 1.165) is 12.8 Å². The Bertz CT molecular complexity index is 125. The average molecular weight is 223 g/mol. The monoisotopic (exact) mass is 223 g/mol. The molecule has 1 aliphatic carbocycles. The summed E-state index contributed by atoms with van der Waals surface area (Å²) in [6.45, 7) is 0.601. The second kappa shape index (κ2) is 2.19. The Morgan fingerprint density at radius 2 is 2.38 bits per heavy atom. The van der Waals surface area contributed by atoms with Crippen LogP contribution in [0.15, 0.2) is 0 Å². The number of halogens is 1. The Morgan fingerprint density at radius 3 is 2.50 bits per heavy atom. The molecule has 3 heteroatoms. The molecular formula is C5H6INO. The highest BCUT2D eigenvalue weighted by molar-refractivity contribution is 14.1. The average Bonchev–Trinajstić information content (AvgIpc) is 2.50. The summed E-state index contributed by atoms with van der Waals surface area (Å²) in [4.78, 5) is 0. The van der Waals surface area contributed by atoms with Crippen molar-refractivity contribution in [1.82, 2.24) is 0 Å². The van der Waals surface area contributed by atoms with Crippen LogP contribution in [0.25, 0.3) is 0 Å². The second-order valence-electron chi connectivity index (χ2n) is 2.15. The van der Waals surface area contributed by atoms with Crippen LogP contribution in [0.1, 0.15) is 12.8 Å². The first kappa shape index (κ1) is 6.30. The lowest BCUT2D eigenvalue weighted by Gasteiger charge is -1.97. The van der Waals surface area contributed by atoms with Crippen LogP contribution in [0.2, 0.25) is 0 Å². The van der Waals surface area contributed by atoms with Crippen LogP contribution in [0.3, 0.4) is 0 Å². The van der Waals surface area contributed by atoms with Gasteiger partial charge in [-0.15, -0.1) is 0 Å². The smallest absolute Gasteiger partial charge is 0.109 e. The fourth-order valence-corrected chi connectivity index (χ4v) is 1.14. The third-order valence-electron chi connectivity index (χ3n) is 1.42. The fourth-order valence-electron chi connectivity index (χ4n) is 0.544. The summed E-state index contributed by atoms with van der Waals surface area (Å²) in [5.41, 5.74) is -0.0822. The molecule has 2 nitrogen and oxygen atoms in total. The van der Waals surface area contributed by atoms with Gasteiger partial charge in [0.15, 0.2) is 0 Å². The molecule has 44 valence electrons. The maximum absolute atomic E-state index is 8.45. The highest BCUT2D eigenvalue weighted by Gasteiger charge is 2.43. The van der Waals surface area contributed by atoms with Gasteiger partial charge in [0.05, 0.1) is 18.1 Å². The molecule has 1 aliphatic rings. The first-order chi connectivity index (χ1) is 3.83. The normalized spacial score (nSPS) is 22.0. The predicted molar refractivity (Wildman–Crippen MR) is 37.3 cm³/mol. The van der Waals surface area contributed by atoms with Gasteiger partial charge in [-0.25, -0.2) is 0 Å². The zero-order chi connectivity index (χ0) is 6.04. The van der Waals surface area contributed by atoms with Crippen LogP contribution in [-0.4, -0.2) is 6.61 Å². The van der Waals surface area contributed by atoms with Crippen molar-refractivity contribution >= 4 is 23.0 Å². The summed E-state index contributed by atoms with van der Waals surface area (Å²) < 4.78 is 4.81. The van der Waals surface area contributed by atoms with E-state index in [2.05, 4.69) is 6.07 Å². The summed E-state index contributed by atoms with van der Waals surface area (Å²) >= 11 is 1.82. The van der Waals surface area contributed by atoms with Crippen molar-refractivity contribution in [3.8, 4) is 6.07 Å².